The summed E-state index contributed by atoms with van der Waals surface area (Å²) in [7, 11) is 0. The molecule has 94 valence electrons. The van der Waals surface area contributed by atoms with Gasteiger partial charge in [-0.2, -0.15) is 0 Å². The molecule has 18 heavy (non-hydrogen) atoms. The Labute approximate surface area is 116 Å². The lowest BCUT2D eigenvalue weighted by atomic mass is 10.1. The molecule has 0 fully saturated rings. The minimum atomic E-state index is 0.546. The third kappa shape index (κ3) is 3.26. The molecule has 2 aromatic rings. The summed E-state index contributed by atoms with van der Waals surface area (Å²) >= 11 is 3.45. The van der Waals surface area contributed by atoms with Crippen LogP contribution >= 0.6 is 15.9 Å². The van der Waals surface area contributed by atoms with Gasteiger partial charge in [0, 0.05) is 11.8 Å². The van der Waals surface area contributed by atoms with Gasteiger partial charge in [0.25, 0.3) is 0 Å². The van der Waals surface area contributed by atoms with Crippen LogP contribution in [0.1, 0.15) is 16.7 Å². The summed E-state index contributed by atoms with van der Waals surface area (Å²) in [6.45, 7) is 4.73. The zero-order valence-corrected chi connectivity index (χ0v) is 12.1. The monoisotopic (exact) mass is 305 g/mol. The molecule has 0 aliphatic rings. The third-order valence-electron chi connectivity index (χ3n) is 2.63. The highest BCUT2D eigenvalue weighted by molar-refractivity contribution is 9.10. The molecule has 0 unspecified atom stereocenters. The summed E-state index contributed by atoms with van der Waals surface area (Å²) < 4.78 is 6.70. The normalized spacial score (nSPS) is 10.4. The zero-order valence-electron chi connectivity index (χ0n) is 10.5. The molecule has 0 aliphatic carbocycles. The molecular formula is C15H16BrNO. The van der Waals surface area contributed by atoms with E-state index in [-0.39, 0.29) is 0 Å². The highest BCUT2D eigenvalue weighted by atomic mass is 79.9. The minimum Gasteiger partial charge on any atom is -0.488 e. The van der Waals surface area contributed by atoms with Gasteiger partial charge in [-0.25, -0.2) is 0 Å². The Hall–Kier alpha value is -1.48. The fraction of sp³-hybridized carbons (Fsp3) is 0.200. The first kappa shape index (κ1) is 13.0. The second-order valence-electron chi connectivity index (χ2n) is 4.47. The summed E-state index contributed by atoms with van der Waals surface area (Å²) in [4.78, 5) is 0. The van der Waals surface area contributed by atoms with E-state index in [9.17, 15) is 0 Å². The molecule has 2 nitrogen and oxygen atoms in total. The van der Waals surface area contributed by atoms with Crippen LogP contribution in [0.25, 0.3) is 0 Å². The molecule has 0 aliphatic heterocycles. The van der Waals surface area contributed by atoms with Crippen molar-refractivity contribution >= 4 is 21.6 Å². The van der Waals surface area contributed by atoms with Crippen molar-refractivity contribution in [2.24, 2.45) is 0 Å². The molecule has 0 saturated carbocycles. The molecule has 0 aromatic heterocycles. The molecule has 0 radical (unpaired) electrons. The first-order chi connectivity index (χ1) is 8.54. The van der Waals surface area contributed by atoms with Crippen molar-refractivity contribution in [2.45, 2.75) is 20.5 Å². The molecular weight excluding hydrogens is 290 g/mol. The average molecular weight is 306 g/mol. The highest BCUT2D eigenvalue weighted by Crippen LogP contribution is 2.27. The summed E-state index contributed by atoms with van der Waals surface area (Å²) in [6.07, 6.45) is 0. The number of rotatable bonds is 3. The van der Waals surface area contributed by atoms with Crippen LogP contribution < -0.4 is 10.5 Å². The summed E-state index contributed by atoms with van der Waals surface area (Å²) in [6, 6.07) is 12.0. The molecule has 0 heterocycles. The number of hydrogen-bond acceptors (Lipinski definition) is 2. The third-order valence-corrected chi connectivity index (χ3v) is 3.29. The number of hydrogen-bond donors (Lipinski definition) is 1. The van der Waals surface area contributed by atoms with E-state index in [1.54, 1.807) is 0 Å². The maximum absolute atomic E-state index is 5.79. The van der Waals surface area contributed by atoms with Crippen LogP contribution in [0.2, 0.25) is 0 Å². The zero-order chi connectivity index (χ0) is 13.1. The van der Waals surface area contributed by atoms with Gasteiger partial charge in [0.05, 0.1) is 4.47 Å². The van der Waals surface area contributed by atoms with E-state index >= 15 is 0 Å². The largest absolute Gasteiger partial charge is 0.488 e. The Morgan fingerprint density at radius 3 is 2.39 bits per heavy atom. The molecule has 0 amide bonds. The smallest absolute Gasteiger partial charge is 0.136 e. The summed E-state index contributed by atoms with van der Waals surface area (Å²) in [5, 5.41) is 0. The van der Waals surface area contributed by atoms with Crippen molar-refractivity contribution in [1.29, 1.82) is 0 Å². The van der Waals surface area contributed by atoms with E-state index < -0.39 is 0 Å². The van der Waals surface area contributed by atoms with Crippen molar-refractivity contribution in [3.05, 3.63) is 57.6 Å². The van der Waals surface area contributed by atoms with Gasteiger partial charge >= 0.3 is 0 Å². The molecule has 3 heteroatoms. The van der Waals surface area contributed by atoms with Gasteiger partial charge in [-0.15, -0.1) is 0 Å². The van der Waals surface area contributed by atoms with Gasteiger partial charge < -0.3 is 10.5 Å². The van der Waals surface area contributed by atoms with Gasteiger partial charge in [-0.3, -0.25) is 0 Å². The van der Waals surface area contributed by atoms with Crippen LogP contribution in [-0.4, -0.2) is 0 Å². The van der Waals surface area contributed by atoms with E-state index in [0.717, 1.165) is 10.2 Å². The topological polar surface area (TPSA) is 35.2 Å². The van der Waals surface area contributed by atoms with E-state index in [1.165, 1.54) is 16.7 Å². The fourth-order valence-electron chi connectivity index (χ4n) is 1.94. The lowest BCUT2D eigenvalue weighted by Crippen LogP contribution is -1.98. The van der Waals surface area contributed by atoms with Crippen molar-refractivity contribution in [3.63, 3.8) is 0 Å². The first-order valence-corrected chi connectivity index (χ1v) is 6.59. The van der Waals surface area contributed by atoms with E-state index in [4.69, 9.17) is 10.5 Å². The average Bonchev–Trinajstić information content (AvgIpc) is 2.29. The number of nitrogens with two attached hydrogens (primary N) is 1. The molecule has 0 bridgehead atoms. The Bertz CT molecular complexity index is 546. The number of ether oxygens (including phenoxy) is 1. The molecule has 0 atom stereocenters. The Morgan fingerprint density at radius 2 is 1.72 bits per heavy atom. The maximum Gasteiger partial charge on any atom is 0.136 e. The van der Waals surface area contributed by atoms with Crippen LogP contribution in [0.3, 0.4) is 0 Å². The molecule has 2 N–H and O–H groups in total. The van der Waals surface area contributed by atoms with Crippen LogP contribution in [0.4, 0.5) is 5.69 Å². The molecule has 0 saturated heterocycles. The molecule has 0 spiro atoms. The molecule has 2 aromatic carbocycles. The SMILES string of the molecule is Cc1cc(C)cc(COc2cc(N)ccc2Br)c1. The van der Waals surface area contributed by atoms with Crippen LogP contribution in [-0.2, 0) is 6.61 Å². The predicted octanol–water partition coefficient (Wildman–Crippen LogP) is 4.23. The van der Waals surface area contributed by atoms with Crippen molar-refractivity contribution in [1.82, 2.24) is 0 Å². The van der Waals surface area contributed by atoms with Crippen molar-refractivity contribution < 1.29 is 4.74 Å². The quantitative estimate of drug-likeness (QED) is 0.861. The van der Waals surface area contributed by atoms with Crippen molar-refractivity contribution in [2.75, 3.05) is 5.73 Å². The van der Waals surface area contributed by atoms with E-state index in [2.05, 4.69) is 48.0 Å². The lowest BCUT2D eigenvalue weighted by molar-refractivity contribution is 0.304. The molecule has 2 rings (SSSR count). The van der Waals surface area contributed by atoms with Crippen molar-refractivity contribution in [3.8, 4) is 5.75 Å². The number of anilines is 1. The van der Waals surface area contributed by atoms with Gasteiger partial charge in [0.15, 0.2) is 0 Å². The summed E-state index contributed by atoms with van der Waals surface area (Å²) in [5.74, 6) is 0.772. The Morgan fingerprint density at radius 1 is 1.06 bits per heavy atom. The fourth-order valence-corrected chi connectivity index (χ4v) is 2.31. The second kappa shape index (κ2) is 5.44. The Balaban J connectivity index is 2.13. The standard InChI is InChI=1S/C15H16BrNO/c1-10-5-11(2)7-12(6-10)9-18-15-8-13(17)3-4-14(15)16/h3-8H,9,17H2,1-2H3. The van der Waals surface area contributed by atoms with Gasteiger partial charge in [-0.1, -0.05) is 29.3 Å². The predicted molar refractivity (Wildman–Crippen MR) is 78.8 cm³/mol. The number of nitrogen functional groups attached to an aromatic ring is 1. The van der Waals surface area contributed by atoms with Crippen LogP contribution in [0.5, 0.6) is 5.75 Å². The number of aryl methyl sites for hydroxylation is 2. The number of benzene rings is 2. The number of halogens is 1. The van der Waals surface area contributed by atoms with Gasteiger partial charge in [-0.05, 0) is 47.5 Å². The van der Waals surface area contributed by atoms with E-state index in [0.29, 0.717) is 12.3 Å². The maximum atomic E-state index is 5.79. The summed E-state index contributed by atoms with van der Waals surface area (Å²) in [5.41, 5.74) is 10.1. The second-order valence-corrected chi connectivity index (χ2v) is 5.33. The lowest BCUT2D eigenvalue weighted by Gasteiger charge is -2.10. The van der Waals surface area contributed by atoms with Gasteiger partial charge in [0.2, 0.25) is 0 Å². The minimum absolute atomic E-state index is 0.546. The van der Waals surface area contributed by atoms with Crippen LogP contribution in [0.15, 0.2) is 40.9 Å². The van der Waals surface area contributed by atoms with Crippen LogP contribution in [0, 0.1) is 13.8 Å². The Kier molecular flexibility index (Phi) is 3.92. The first-order valence-electron chi connectivity index (χ1n) is 5.79. The van der Waals surface area contributed by atoms with Gasteiger partial charge in [0.1, 0.15) is 12.4 Å². The highest BCUT2D eigenvalue weighted by Gasteiger charge is 2.03. The van der Waals surface area contributed by atoms with E-state index in [1.807, 2.05) is 18.2 Å².